The minimum atomic E-state index is 0. The minimum absolute atomic E-state index is 0. The molecule has 32 heavy (non-hydrogen) atoms. The van der Waals surface area contributed by atoms with Crippen LogP contribution in [0.3, 0.4) is 0 Å². The fourth-order valence-corrected chi connectivity index (χ4v) is 3.72. The first-order chi connectivity index (χ1) is 15.0. The second-order valence-electron chi connectivity index (χ2n) is 7.86. The third kappa shape index (κ3) is 6.72. The second-order valence-corrected chi connectivity index (χ2v) is 7.86. The molecular formula is C25H34IN5O. The number of nitrogens with one attached hydrogen (secondary N) is 3. The third-order valence-electron chi connectivity index (χ3n) is 5.29. The van der Waals surface area contributed by atoms with Gasteiger partial charge in [0.2, 0.25) is 0 Å². The Labute approximate surface area is 207 Å². The van der Waals surface area contributed by atoms with Crippen molar-refractivity contribution in [2.75, 3.05) is 33.7 Å². The molecule has 1 aromatic heterocycles. The summed E-state index contributed by atoms with van der Waals surface area (Å²) in [5.41, 5.74) is 5.57. The van der Waals surface area contributed by atoms with E-state index < -0.39 is 0 Å². The van der Waals surface area contributed by atoms with Crippen molar-refractivity contribution in [1.29, 1.82) is 0 Å². The number of aromatic nitrogens is 1. The first-order valence-electron chi connectivity index (χ1n) is 10.9. The Kier molecular flexibility index (Phi) is 10.0. The lowest BCUT2D eigenvalue weighted by Crippen LogP contribution is -2.38. The summed E-state index contributed by atoms with van der Waals surface area (Å²) in [6.45, 7) is 6.46. The molecule has 6 nitrogen and oxygen atoms in total. The summed E-state index contributed by atoms with van der Waals surface area (Å²) in [7, 11) is 3.54. The average molecular weight is 547 g/mol. The second kappa shape index (κ2) is 12.5. The largest absolute Gasteiger partial charge is 0.358 e. The van der Waals surface area contributed by atoms with Crippen molar-refractivity contribution >= 4 is 46.7 Å². The van der Waals surface area contributed by atoms with Gasteiger partial charge in [-0.2, -0.15) is 0 Å². The van der Waals surface area contributed by atoms with Crippen LogP contribution in [0.1, 0.15) is 34.1 Å². The number of hydrogen-bond acceptors (Lipinski definition) is 2. The number of carbonyl (C=O) groups is 1. The molecule has 172 valence electrons. The number of benzene rings is 2. The SMILES string of the molecule is CCNC(=NCCc1c(C)[nH]c2ccccc12)NCCc1cccc(C(=O)N(C)C)c1.I. The molecule has 0 saturated carbocycles. The van der Waals surface area contributed by atoms with Crippen LogP contribution in [0.25, 0.3) is 10.9 Å². The molecule has 0 aliphatic carbocycles. The number of aliphatic imine (C=N–C) groups is 1. The highest BCUT2D eigenvalue weighted by Crippen LogP contribution is 2.22. The summed E-state index contributed by atoms with van der Waals surface area (Å²) in [5, 5.41) is 8.00. The number of aromatic amines is 1. The van der Waals surface area contributed by atoms with Crippen molar-refractivity contribution in [3.05, 3.63) is 70.9 Å². The molecule has 0 fully saturated rings. The zero-order valence-corrected chi connectivity index (χ0v) is 21.7. The lowest BCUT2D eigenvalue weighted by molar-refractivity contribution is 0.0827. The Morgan fingerprint density at radius 2 is 1.84 bits per heavy atom. The standard InChI is InChI=1S/C25H33N5O.HI/c1-5-26-25(27-15-13-19-9-8-10-20(17-19)24(31)30(3)4)28-16-14-21-18(2)29-23-12-7-6-11-22(21)23;/h6-12,17,29H,5,13-16H2,1-4H3,(H2,26,27,28);1H. The van der Waals surface area contributed by atoms with Gasteiger partial charge in [0.1, 0.15) is 0 Å². The van der Waals surface area contributed by atoms with Gasteiger partial charge < -0.3 is 20.5 Å². The number of H-pyrrole nitrogens is 1. The van der Waals surface area contributed by atoms with Crippen LogP contribution < -0.4 is 10.6 Å². The number of guanidine groups is 1. The van der Waals surface area contributed by atoms with E-state index in [4.69, 9.17) is 4.99 Å². The molecule has 3 rings (SSSR count). The molecule has 0 bridgehead atoms. The molecule has 2 aromatic carbocycles. The molecule has 1 amide bonds. The van der Waals surface area contributed by atoms with E-state index in [1.54, 1.807) is 19.0 Å². The van der Waals surface area contributed by atoms with Crippen molar-refractivity contribution in [2.45, 2.75) is 26.7 Å². The van der Waals surface area contributed by atoms with Gasteiger partial charge in [-0.1, -0.05) is 30.3 Å². The number of halogens is 1. The molecule has 0 aliphatic heterocycles. The molecule has 0 atom stereocenters. The van der Waals surface area contributed by atoms with E-state index >= 15 is 0 Å². The van der Waals surface area contributed by atoms with Crippen LogP contribution in [0.2, 0.25) is 0 Å². The number of amides is 1. The molecule has 7 heteroatoms. The smallest absolute Gasteiger partial charge is 0.253 e. The maximum atomic E-state index is 12.2. The van der Waals surface area contributed by atoms with Crippen LogP contribution in [-0.2, 0) is 12.8 Å². The van der Waals surface area contributed by atoms with Crippen LogP contribution >= 0.6 is 24.0 Å². The highest BCUT2D eigenvalue weighted by Gasteiger charge is 2.09. The van der Waals surface area contributed by atoms with Gasteiger partial charge in [-0.15, -0.1) is 24.0 Å². The number of carbonyl (C=O) groups excluding carboxylic acids is 1. The highest BCUT2D eigenvalue weighted by molar-refractivity contribution is 14.0. The quantitative estimate of drug-likeness (QED) is 0.226. The summed E-state index contributed by atoms with van der Waals surface area (Å²) in [4.78, 5) is 22.0. The van der Waals surface area contributed by atoms with Crippen LogP contribution in [0.15, 0.2) is 53.5 Å². The fraction of sp³-hybridized carbons (Fsp3) is 0.360. The van der Waals surface area contributed by atoms with E-state index in [2.05, 4.69) is 59.8 Å². The van der Waals surface area contributed by atoms with Gasteiger partial charge in [-0.05, 0) is 56.0 Å². The van der Waals surface area contributed by atoms with Gasteiger partial charge in [0.05, 0.1) is 0 Å². The predicted octanol–water partition coefficient (Wildman–Crippen LogP) is 4.14. The zero-order valence-electron chi connectivity index (χ0n) is 19.4. The number of hydrogen-bond donors (Lipinski definition) is 3. The Bertz CT molecular complexity index is 1060. The molecule has 0 spiro atoms. The van der Waals surface area contributed by atoms with Gasteiger partial charge >= 0.3 is 0 Å². The van der Waals surface area contributed by atoms with E-state index in [9.17, 15) is 4.79 Å². The molecule has 0 unspecified atom stereocenters. The third-order valence-corrected chi connectivity index (χ3v) is 5.29. The van der Waals surface area contributed by atoms with Crippen molar-refractivity contribution in [3.8, 4) is 0 Å². The number of aryl methyl sites for hydroxylation is 1. The lowest BCUT2D eigenvalue weighted by Gasteiger charge is -2.13. The summed E-state index contributed by atoms with van der Waals surface area (Å²) >= 11 is 0. The number of para-hydroxylation sites is 1. The molecule has 3 N–H and O–H groups in total. The molecule has 3 aromatic rings. The van der Waals surface area contributed by atoms with Gasteiger partial charge in [0, 0.05) is 55.9 Å². The van der Waals surface area contributed by atoms with Gasteiger partial charge in [0.15, 0.2) is 5.96 Å². The minimum Gasteiger partial charge on any atom is -0.358 e. The fourth-order valence-electron chi connectivity index (χ4n) is 3.72. The van der Waals surface area contributed by atoms with Gasteiger partial charge in [-0.25, -0.2) is 0 Å². The van der Waals surface area contributed by atoms with Crippen LogP contribution in [0.4, 0.5) is 0 Å². The van der Waals surface area contributed by atoms with Crippen molar-refractivity contribution in [3.63, 3.8) is 0 Å². The molecule has 0 aliphatic rings. The van der Waals surface area contributed by atoms with E-state index in [-0.39, 0.29) is 29.9 Å². The number of rotatable bonds is 8. The van der Waals surface area contributed by atoms with Crippen molar-refractivity contribution < 1.29 is 4.79 Å². The maximum Gasteiger partial charge on any atom is 0.253 e. The summed E-state index contributed by atoms with van der Waals surface area (Å²) in [6, 6.07) is 16.2. The Morgan fingerprint density at radius 3 is 2.59 bits per heavy atom. The highest BCUT2D eigenvalue weighted by atomic mass is 127. The van der Waals surface area contributed by atoms with Crippen LogP contribution in [-0.4, -0.2) is 55.5 Å². The van der Waals surface area contributed by atoms with E-state index in [1.165, 1.54) is 22.2 Å². The van der Waals surface area contributed by atoms with Crippen molar-refractivity contribution in [1.82, 2.24) is 20.5 Å². The Balaban J connectivity index is 0.00000363. The van der Waals surface area contributed by atoms with Crippen molar-refractivity contribution in [2.24, 2.45) is 4.99 Å². The Hall–Kier alpha value is -2.55. The number of fused-ring (bicyclic) bond motifs is 1. The van der Waals surface area contributed by atoms with Gasteiger partial charge in [-0.3, -0.25) is 9.79 Å². The Morgan fingerprint density at radius 1 is 1.06 bits per heavy atom. The first kappa shape index (κ1) is 25.7. The first-order valence-corrected chi connectivity index (χ1v) is 10.9. The van der Waals surface area contributed by atoms with E-state index in [0.717, 1.165) is 43.0 Å². The van der Waals surface area contributed by atoms with E-state index in [0.29, 0.717) is 6.54 Å². The van der Waals surface area contributed by atoms with Crippen LogP contribution in [0.5, 0.6) is 0 Å². The van der Waals surface area contributed by atoms with E-state index in [1.807, 2.05) is 18.2 Å². The lowest BCUT2D eigenvalue weighted by atomic mass is 10.1. The molecule has 1 heterocycles. The predicted molar refractivity (Wildman–Crippen MR) is 144 cm³/mol. The summed E-state index contributed by atoms with van der Waals surface area (Å²) in [6.07, 6.45) is 1.71. The number of nitrogens with zero attached hydrogens (tertiary/aromatic N) is 2. The van der Waals surface area contributed by atoms with Gasteiger partial charge in [0.25, 0.3) is 5.91 Å². The summed E-state index contributed by atoms with van der Waals surface area (Å²) < 4.78 is 0. The molecule has 0 saturated heterocycles. The molecule has 0 radical (unpaired) electrons. The van der Waals surface area contributed by atoms with Crippen LogP contribution in [0, 0.1) is 6.92 Å². The topological polar surface area (TPSA) is 72.5 Å². The summed E-state index contributed by atoms with van der Waals surface area (Å²) in [5.74, 6) is 0.845. The zero-order chi connectivity index (χ0) is 22.2. The monoisotopic (exact) mass is 547 g/mol. The normalized spacial score (nSPS) is 11.2. The maximum absolute atomic E-state index is 12.2. The molecular weight excluding hydrogens is 513 g/mol. The average Bonchev–Trinajstić information content (AvgIpc) is 3.08.